The molecule has 1 aromatic heterocycles. The minimum absolute atomic E-state index is 0.416. The lowest BCUT2D eigenvalue weighted by atomic mass is 10.1. The summed E-state index contributed by atoms with van der Waals surface area (Å²) >= 11 is 0. The molecule has 0 aliphatic rings. The highest BCUT2D eigenvalue weighted by atomic mass is 16.5. The van der Waals surface area contributed by atoms with Gasteiger partial charge in [0.2, 0.25) is 0 Å². The second kappa shape index (κ2) is 7.28. The predicted octanol–water partition coefficient (Wildman–Crippen LogP) is 2.23. The molecule has 0 saturated heterocycles. The van der Waals surface area contributed by atoms with Crippen LogP contribution in [0, 0.1) is 0 Å². The summed E-state index contributed by atoms with van der Waals surface area (Å²) in [4.78, 5) is 15.2. The molecule has 0 atom stereocenters. The molecule has 2 rings (SSSR count). The van der Waals surface area contributed by atoms with E-state index in [1.54, 1.807) is 19.4 Å². The van der Waals surface area contributed by atoms with Crippen molar-refractivity contribution in [2.75, 3.05) is 19.0 Å². The zero-order valence-electron chi connectivity index (χ0n) is 12.0. The molecule has 0 saturated carbocycles. The topological polar surface area (TPSA) is 77.2 Å². The first kappa shape index (κ1) is 14.8. The number of benzene rings is 1. The Labute approximate surface area is 124 Å². The third-order valence-corrected chi connectivity index (χ3v) is 3.18. The number of carbonyl (C=O) groups excluding carboxylic acids is 1. The molecular formula is C16H19N3O2. The Morgan fingerprint density at radius 3 is 3.00 bits per heavy atom. The Hall–Kier alpha value is -2.56. The van der Waals surface area contributed by atoms with E-state index in [1.165, 1.54) is 11.8 Å². The van der Waals surface area contributed by atoms with Crippen LogP contribution in [0.4, 0.5) is 5.69 Å². The van der Waals surface area contributed by atoms with Crippen molar-refractivity contribution >= 4 is 11.6 Å². The smallest absolute Gasteiger partial charge is 0.252 e. The van der Waals surface area contributed by atoms with Gasteiger partial charge in [-0.3, -0.25) is 9.78 Å². The summed E-state index contributed by atoms with van der Waals surface area (Å²) < 4.78 is 5.20. The van der Waals surface area contributed by atoms with E-state index in [4.69, 9.17) is 10.5 Å². The quantitative estimate of drug-likeness (QED) is 0.765. The van der Waals surface area contributed by atoms with Crippen LogP contribution in [0.1, 0.15) is 22.3 Å². The zero-order valence-corrected chi connectivity index (χ0v) is 12.0. The SMILES string of the molecule is COc1cccc(CCCNc2ccncc2C(N)=O)c1. The Morgan fingerprint density at radius 1 is 1.38 bits per heavy atom. The fraction of sp³-hybridized carbons (Fsp3) is 0.250. The van der Waals surface area contributed by atoms with Crippen molar-refractivity contribution in [1.82, 2.24) is 4.98 Å². The summed E-state index contributed by atoms with van der Waals surface area (Å²) in [7, 11) is 1.66. The third-order valence-electron chi connectivity index (χ3n) is 3.18. The van der Waals surface area contributed by atoms with Gasteiger partial charge in [0, 0.05) is 18.9 Å². The average Bonchev–Trinajstić information content (AvgIpc) is 2.52. The number of rotatable bonds is 7. The normalized spacial score (nSPS) is 10.1. The fourth-order valence-corrected chi connectivity index (χ4v) is 2.09. The first-order valence-electron chi connectivity index (χ1n) is 6.81. The number of pyridine rings is 1. The van der Waals surface area contributed by atoms with E-state index >= 15 is 0 Å². The molecule has 2 aromatic rings. The summed E-state index contributed by atoms with van der Waals surface area (Å²) in [5.41, 5.74) is 7.67. The lowest BCUT2D eigenvalue weighted by molar-refractivity contribution is 0.100. The summed E-state index contributed by atoms with van der Waals surface area (Å²) in [6.07, 6.45) is 4.98. The average molecular weight is 285 g/mol. The number of aromatic nitrogens is 1. The predicted molar refractivity (Wildman–Crippen MR) is 82.6 cm³/mol. The van der Waals surface area contributed by atoms with Crippen molar-refractivity contribution in [1.29, 1.82) is 0 Å². The van der Waals surface area contributed by atoms with Crippen LogP contribution in [0.5, 0.6) is 5.75 Å². The molecule has 0 aliphatic heterocycles. The summed E-state index contributed by atoms with van der Waals surface area (Å²) in [6, 6.07) is 9.77. The molecule has 0 unspecified atom stereocenters. The number of amides is 1. The molecule has 5 heteroatoms. The first-order chi connectivity index (χ1) is 10.2. The van der Waals surface area contributed by atoms with Gasteiger partial charge in [0.05, 0.1) is 18.4 Å². The molecule has 3 N–H and O–H groups in total. The van der Waals surface area contributed by atoms with Crippen LogP contribution < -0.4 is 15.8 Å². The number of carbonyl (C=O) groups is 1. The standard InChI is InChI=1S/C16H19N3O2/c1-21-13-6-2-4-12(10-13)5-3-8-19-15-7-9-18-11-14(15)16(17)20/h2,4,6-7,9-11H,3,5,8H2,1H3,(H2,17,20)(H,18,19). The zero-order chi connectivity index (χ0) is 15.1. The van der Waals surface area contributed by atoms with E-state index < -0.39 is 5.91 Å². The Morgan fingerprint density at radius 2 is 2.24 bits per heavy atom. The van der Waals surface area contributed by atoms with Crippen LogP contribution in [0.15, 0.2) is 42.7 Å². The van der Waals surface area contributed by atoms with Crippen LogP contribution in [-0.4, -0.2) is 24.5 Å². The van der Waals surface area contributed by atoms with Gasteiger partial charge in [-0.1, -0.05) is 12.1 Å². The summed E-state index contributed by atoms with van der Waals surface area (Å²) in [5, 5.41) is 3.22. The van der Waals surface area contributed by atoms with Crippen LogP contribution >= 0.6 is 0 Å². The third kappa shape index (κ3) is 4.21. The number of ether oxygens (including phenoxy) is 1. The van der Waals surface area contributed by atoms with E-state index in [0.717, 1.165) is 30.8 Å². The maximum Gasteiger partial charge on any atom is 0.252 e. The molecule has 1 heterocycles. The van der Waals surface area contributed by atoms with Crippen molar-refractivity contribution in [2.24, 2.45) is 5.73 Å². The minimum Gasteiger partial charge on any atom is -0.497 e. The highest BCUT2D eigenvalue weighted by Crippen LogP contribution is 2.15. The van der Waals surface area contributed by atoms with E-state index in [2.05, 4.69) is 16.4 Å². The first-order valence-corrected chi connectivity index (χ1v) is 6.81. The molecule has 110 valence electrons. The Bertz CT molecular complexity index is 614. The molecule has 0 spiro atoms. The van der Waals surface area contributed by atoms with Gasteiger partial charge in [-0.15, -0.1) is 0 Å². The maximum absolute atomic E-state index is 11.3. The van der Waals surface area contributed by atoms with Gasteiger partial charge in [0.1, 0.15) is 5.75 Å². The van der Waals surface area contributed by atoms with Crippen LogP contribution in [-0.2, 0) is 6.42 Å². The number of aryl methyl sites for hydroxylation is 1. The molecular weight excluding hydrogens is 266 g/mol. The molecule has 0 aliphatic carbocycles. The van der Waals surface area contributed by atoms with Crippen molar-refractivity contribution in [2.45, 2.75) is 12.8 Å². The Kier molecular flexibility index (Phi) is 5.15. The van der Waals surface area contributed by atoms with Crippen molar-refractivity contribution in [3.8, 4) is 5.75 Å². The number of methoxy groups -OCH3 is 1. The second-order valence-corrected chi connectivity index (χ2v) is 4.67. The van der Waals surface area contributed by atoms with Crippen molar-refractivity contribution < 1.29 is 9.53 Å². The summed E-state index contributed by atoms with van der Waals surface area (Å²) in [5.74, 6) is 0.393. The number of primary amides is 1. The maximum atomic E-state index is 11.3. The van der Waals surface area contributed by atoms with Crippen LogP contribution in [0.25, 0.3) is 0 Å². The summed E-state index contributed by atoms with van der Waals surface area (Å²) in [6.45, 7) is 0.751. The number of nitrogens with zero attached hydrogens (tertiary/aromatic N) is 1. The minimum atomic E-state index is -0.474. The molecule has 0 bridgehead atoms. The number of nitrogens with one attached hydrogen (secondary N) is 1. The highest BCUT2D eigenvalue weighted by Gasteiger charge is 2.06. The van der Waals surface area contributed by atoms with Gasteiger partial charge in [-0.05, 0) is 36.6 Å². The number of anilines is 1. The van der Waals surface area contributed by atoms with Crippen LogP contribution in [0.3, 0.4) is 0 Å². The molecule has 5 nitrogen and oxygen atoms in total. The van der Waals surface area contributed by atoms with E-state index in [9.17, 15) is 4.79 Å². The monoisotopic (exact) mass is 285 g/mol. The largest absolute Gasteiger partial charge is 0.497 e. The fourth-order valence-electron chi connectivity index (χ4n) is 2.09. The highest BCUT2D eigenvalue weighted by molar-refractivity contribution is 5.98. The Balaban J connectivity index is 1.86. The van der Waals surface area contributed by atoms with Crippen molar-refractivity contribution in [3.63, 3.8) is 0 Å². The van der Waals surface area contributed by atoms with E-state index in [-0.39, 0.29) is 0 Å². The van der Waals surface area contributed by atoms with Gasteiger partial charge in [0.25, 0.3) is 5.91 Å². The van der Waals surface area contributed by atoms with Gasteiger partial charge in [-0.2, -0.15) is 0 Å². The van der Waals surface area contributed by atoms with Gasteiger partial charge >= 0.3 is 0 Å². The van der Waals surface area contributed by atoms with Crippen LogP contribution in [0.2, 0.25) is 0 Å². The second-order valence-electron chi connectivity index (χ2n) is 4.67. The van der Waals surface area contributed by atoms with E-state index in [1.807, 2.05) is 18.2 Å². The van der Waals surface area contributed by atoms with Gasteiger partial charge in [-0.25, -0.2) is 0 Å². The molecule has 0 fully saturated rings. The molecule has 0 radical (unpaired) electrons. The lowest BCUT2D eigenvalue weighted by Crippen LogP contribution is -2.15. The molecule has 1 aromatic carbocycles. The number of nitrogens with two attached hydrogens (primary N) is 1. The number of hydrogen-bond donors (Lipinski definition) is 2. The van der Waals surface area contributed by atoms with Crippen molar-refractivity contribution in [3.05, 3.63) is 53.9 Å². The van der Waals surface area contributed by atoms with Gasteiger partial charge in [0.15, 0.2) is 0 Å². The molecule has 1 amide bonds. The van der Waals surface area contributed by atoms with Gasteiger partial charge < -0.3 is 15.8 Å². The lowest BCUT2D eigenvalue weighted by Gasteiger charge is -2.09. The number of hydrogen-bond acceptors (Lipinski definition) is 4. The van der Waals surface area contributed by atoms with E-state index in [0.29, 0.717) is 5.56 Å². The molecule has 21 heavy (non-hydrogen) atoms.